The Labute approximate surface area is 252 Å². The van der Waals surface area contributed by atoms with Crippen molar-refractivity contribution in [1.82, 2.24) is 9.88 Å². The minimum atomic E-state index is -0.906. The van der Waals surface area contributed by atoms with Gasteiger partial charge >= 0.3 is 5.97 Å². The number of methoxy groups -OCH3 is 2. The summed E-state index contributed by atoms with van der Waals surface area (Å²) >= 11 is 0. The Hall–Kier alpha value is -4.31. The molecule has 0 bridgehead atoms. The standard InChI is InChI=1S/C33H39N3O7/c1-4-5-15-36(24-10-8-14-34-18-24)30(37)20-35-19-25(23-16-28(41-3)32-29(17-23)42-21-43-32)31(33(38)39)26(35)13-12-22-9-6-7-11-27(22)40-2/h6-11,14,16-18,25-26,31H,4-5,12-13,15,19-21H2,1-3H3,(H,38,39). The van der Waals surface area contributed by atoms with Crippen LogP contribution in [0, 0.1) is 5.92 Å². The number of carbonyl (C=O) groups excluding carboxylic acids is 1. The fourth-order valence-electron chi connectivity index (χ4n) is 6.25. The first-order valence-corrected chi connectivity index (χ1v) is 14.7. The van der Waals surface area contributed by atoms with Crippen molar-refractivity contribution in [3.05, 3.63) is 72.1 Å². The molecular formula is C33H39N3O7. The summed E-state index contributed by atoms with van der Waals surface area (Å²) in [4.78, 5) is 35.0. The third-order valence-corrected chi connectivity index (χ3v) is 8.38. The van der Waals surface area contributed by atoms with Gasteiger partial charge in [0.15, 0.2) is 11.5 Å². The lowest BCUT2D eigenvalue weighted by Crippen LogP contribution is -2.44. The van der Waals surface area contributed by atoms with Crippen molar-refractivity contribution < 1.29 is 33.6 Å². The molecule has 1 N–H and O–H groups in total. The van der Waals surface area contributed by atoms with E-state index in [1.807, 2.05) is 53.4 Å². The van der Waals surface area contributed by atoms with Crippen LogP contribution in [0.15, 0.2) is 60.9 Å². The van der Waals surface area contributed by atoms with Crippen molar-refractivity contribution in [3.8, 4) is 23.0 Å². The zero-order valence-electron chi connectivity index (χ0n) is 24.9. The number of hydrogen-bond donors (Lipinski definition) is 1. The highest BCUT2D eigenvalue weighted by atomic mass is 16.7. The number of para-hydroxylation sites is 1. The van der Waals surface area contributed by atoms with Gasteiger partial charge in [0.05, 0.1) is 38.6 Å². The molecule has 1 amide bonds. The van der Waals surface area contributed by atoms with Crippen molar-refractivity contribution in [2.24, 2.45) is 5.92 Å². The molecule has 3 aromatic rings. The van der Waals surface area contributed by atoms with Crippen LogP contribution in [0.2, 0.25) is 0 Å². The molecule has 3 unspecified atom stereocenters. The molecule has 0 spiro atoms. The molecule has 1 saturated heterocycles. The third kappa shape index (κ3) is 6.54. The summed E-state index contributed by atoms with van der Waals surface area (Å²) in [6, 6.07) is 14.7. The number of carboxylic acids is 1. The number of benzene rings is 2. The second kappa shape index (κ2) is 13.8. The fraction of sp³-hybridized carbons (Fsp3) is 0.424. The molecular weight excluding hydrogens is 550 g/mol. The van der Waals surface area contributed by atoms with Gasteiger partial charge in [-0.25, -0.2) is 0 Å². The molecule has 1 aromatic heterocycles. The van der Waals surface area contributed by atoms with E-state index in [9.17, 15) is 14.7 Å². The molecule has 5 rings (SSSR count). The van der Waals surface area contributed by atoms with Gasteiger partial charge in [0, 0.05) is 31.2 Å². The monoisotopic (exact) mass is 589 g/mol. The molecule has 2 aliphatic heterocycles. The normalized spacial score (nSPS) is 19.3. The number of fused-ring (bicyclic) bond motifs is 1. The Morgan fingerprint density at radius 1 is 1.09 bits per heavy atom. The number of anilines is 1. The number of pyridine rings is 1. The molecule has 0 saturated carbocycles. The van der Waals surface area contributed by atoms with Crippen molar-refractivity contribution >= 4 is 17.6 Å². The topological polar surface area (TPSA) is 111 Å². The van der Waals surface area contributed by atoms with E-state index in [-0.39, 0.29) is 19.2 Å². The lowest BCUT2D eigenvalue weighted by atomic mass is 9.83. The second-order valence-corrected chi connectivity index (χ2v) is 10.9. The maximum Gasteiger partial charge on any atom is 0.308 e. The maximum absolute atomic E-state index is 13.9. The van der Waals surface area contributed by atoms with Gasteiger partial charge in [-0.2, -0.15) is 0 Å². The Kier molecular flexibility index (Phi) is 9.66. The maximum atomic E-state index is 13.9. The Bertz CT molecular complexity index is 1420. The lowest BCUT2D eigenvalue weighted by molar-refractivity contribution is -0.143. The van der Waals surface area contributed by atoms with Gasteiger partial charge in [-0.1, -0.05) is 31.5 Å². The van der Waals surface area contributed by atoms with E-state index in [1.165, 1.54) is 0 Å². The Balaban J connectivity index is 1.48. The first-order valence-electron chi connectivity index (χ1n) is 14.7. The van der Waals surface area contributed by atoms with Crippen LogP contribution in [0.25, 0.3) is 0 Å². The lowest BCUT2D eigenvalue weighted by Gasteiger charge is -2.30. The molecule has 10 nitrogen and oxygen atoms in total. The number of aliphatic carboxylic acids is 1. The molecule has 1 fully saturated rings. The predicted molar refractivity (Wildman–Crippen MR) is 161 cm³/mol. The number of hydrogen-bond acceptors (Lipinski definition) is 8. The molecule has 0 radical (unpaired) electrons. The summed E-state index contributed by atoms with van der Waals surface area (Å²) in [5.74, 6) is 0.133. The smallest absolute Gasteiger partial charge is 0.308 e. The summed E-state index contributed by atoms with van der Waals surface area (Å²) in [7, 11) is 3.18. The SMILES string of the molecule is CCCCN(C(=O)CN1CC(c2cc(OC)c3c(c2)OCO3)C(C(=O)O)C1CCc1ccccc1OC)c1cccnc1. The number of carbonyl (C=O) groups is 2. The summed E-state index contributed by atoms with van der Waals surface area (Å²) in [5, 5.41) is 10.6. The zero-order valence-corrected chi connectivity index (χ0v) is 24.9. The van der Waals surface area contributed by atoms with Crippen LogP contribution in [0.4, 0.5) is 5.69 Å². The van der Waals surface area contributed by atoms with E-state index >= 15 is 0 Å². The van der Waals surface area contributed by atoms with Crippen LogP contribution in [-0.2, 0) is 16.0 Å². The second-order valence-electron chi connectivity index (χ2n) is 10.9. The van der Waals surface area contributed by atoms with Crippen molar-refractivity contribution in [2.45, 2.75) is 44.6 Å². The van der Waals surface area contributed by atoms with E-state index in [2.05, 4.69) is 11.9 Å². The van der Waals surface area contributed by atoms with Gasteiger partial charge in [-0.05, 0) is 60.7 Å². The van der Waals surface area contributed by atoms with E-state index in [0.717, 1.165) is 35.4 Å². The first kappa shape index (κ1) is 30.2. The average Bonchev–Trinajstić information content (AvgIpc) is 3.65. The number of aryl methyl sites for hydroxylation is 1. The minimum Gasteiger partial charge on any atom is -0.496 e. The van der Waals surface area contributed by atoms with Gasteiger partial charge in [0.25, 0.3) is 0 Å². The summed E-state index contributed by atoms with van der Waals surface area (Å²) in [6.07, 6.45) is 6.28. The van der Waals surface area contributed by atoms with E-state index < -0.39 is 23.8 Å². The summed E-state index contributed by atoms with van der Waals surface area (Å²) in [5.41, 5.74) is 2.51. The van der Waals surface area contributed by atoms with Crippen LogP contribution in [-0.4, -0.2) is 73.6 Å². The molecule has 228 valence electrons. The van der Waals surface area contributed by atoms with Gasteiger partial charge < -0.3 is 29.0 Å². The van der Waals surface area contributed by atoms with Crippen molar-refractivity contribution in [3.63, 3.8) is 0 Å². The van der Waals surface area contributed by atoms with Gasteiger partial charge in [0.1, 0.15) is 5.75 Å². The number of likely N-dealkylation sites (tertiary alicyclic amines) is 1. The zero-order chi connectivity index (χ0) is 30.3. The van der Waals surface area contributed by atoms with E-state index in [0.29, 0.717) is 43.2 Å². The van der Waals surface area contributed by atoms with Gasteiger partial charge in [0.2, 0.25) is 18.4 Å². The van der Waals surface area contributed by atoms with Crippen LogP contribution in [0.1, 0.15) is 43.2 Å². The summed E-state index contributed by atoms with van der Waals surface area (Å²) in [6.45, 7) is 3.19. The average molecular weight is 590 g/mol. The number of rotatable bonds is 13. The first-order chi connectivity index (χ1) is 20.9. The van der Waals surface area contributed by atoms with Crippen molar-refractivity contribution in [2.75, 3.05) is 45.5 Å². The highest BCUT2D eigenvalue weighted by Gasteiger charge is 2.47. The number of ether oxygens (including phenoxy) is 4. The highest BCUT2D eigenvalue weighted by Crippen LogP contribution is 2.47. The highest BCUT2D eigenvalue weighted by molar-refractivity contribution is 5.94. The molecule has 43 heavy (non-hydrogen) atoms. The number of amides is 1. The van der Waals surface area contributed by atoms with Crippen LogP contribution >= 0.6 is 0 Å². The van der Waals surface area contributed by atoms with E-state index in [1.54, 1.807) is 31.5 Å². The van der Waals surface area contributed by atoms with Crippen LogP contribution in [0.5, 0.6) is 23.0 Å². The predicted octanol–water partition coefficient (Wildman–Crippen LogP) is 4.76. The summed E-state index contributed by atoms with van der Waals surface area (Å²) < 4.78 is 22.4. The van der Waals surface area contributed by atoms with E-state index in [4.69, 9.17) is 18.9 Å². The molecule has 3 heterocycles. The minimum absolute atomic E-state index is 0.0757. The van der Waals surface area contributed by atoms with Gasteiger partial charge in [-0.3, -0.25) is 19.5 Å². The largest absolute Gasteiger partial charge is 0.496 e. The third-order valence-electron chi connectivity index (χ3n) is 8.38. The number of unbranched alkanes of at least 4 members (excludes halogenated alkanes) is 1. The van der Waals surface area contributed by atoms with Crippen molar-refractivity contribution in [1.29, 1.82) is 0 Å². The van der Waals surface area contributed by atoms with Crippen LogP contribution < -0.4 is 23.8 Å². The molecule has 3 atom stereocenters. The fourth-order valence-corrected chi connectivity index (χ4v) is 6.25. The molecule has 0 aliphatic carbocycles. The Morgan fingerprint density at radius 3 is 2.63 bits per heavy atom. The Morgan fingerprint density at radius 2 is 1.91 bits per heavy atom. The number of aromatic nitrogens is 1. The number of carboxylic acid groups (broad SMARTS) is 1. The van der Waals surface area contributed by atoms with Crippen LogP contribution in [0.3, 0.4) is 0 Å². The molecule has 10 heteroatoms. The molecule has 2 aliphatic rings. The van der Waals surface area contributed by atoms with Gasteiger partial charge in [-0.15, -0.1) is 0 Å². The molecule has 2 aromatic carbocycles. The quantitative estimate of drug-likeness (QED) is 0.302. The number of nitrogens with zero attached hydrogens (tertiary/aromatic N) is 3.